The summed E-state index contributed by atoms with van der Waals surface area (Å²) in [5, 5.41) is 71.3. The first-order valence-corrected chi connectivity index (χ1v) is 7.81. The Bertz CT molecular complexity index is 559. The van der Waals surface area contributed by atoms with Crippen molar-refractivity contribution in [3.8, 4) is 0 Å². The molecule has 0 radical (unpaired) electrons. The van der Waals surface area contributed by atoms with Crippen LogP contribution in [0, 0.1) is 0 Å². The number of carbonyl (C=O) groups is 2. The quantitative estimate of drug-likeness (QED) is 0.176. The third kappa shape index (κ3) is 10.1. The molecule has 152 valence electrons. The van der Waals surface area contributed by atoms with E-state index in [9.17, 15) is 9.59 Å². The third-order valence-corrected chi connectivity index (χ3v) is 3.32. The zero-order valence-electron chi connectivity index (χ0n) is 14.3. The summed E-state index contributed by atoms with van der Waals surface area (Å²) >= 11 is 0. The molecule has 12 heteroatoms. The maximum absolute atomic E-state index is 10.8. The lowest BCUT2D eigenvalue weighted by atomic mass is 10.0. The Balaban J connectivity index is 0.000000516. The topological polar surface area (TPSA) is 208 Å². The van der Waals surface area contributed by atoms with Crippen molar-refractivity contribution >= 4 is 19.0 Å². The summed E-state index contributed by atoms with van der Waals surface area (Å²) in [5.74, 6) is -2.12. The molecule has 0 aliphatic carbocycles. The number of ketones is 1. The number of carboxylic acids is 1. The molecule has 0 amide bonds. The third-order valence-electron chi connectivity index (χ3n) is 3.32. The van der Waals surface area contributed by atoms with Gasteiger partial charge in [0.25, 0.3) is 0 Å². The monoisotopic (exact) mass is 389 g/mol. The molecule has 1 aromatic carbocycles. The number of Topliss-reactive ketones (excluding diaryl/α,β-unsaturated/α-hetero) is 1. The lowest BCUT2D eigenvalue weighted by molar-refractivity contribution is -0.142. The van der Waals surface area contributed by atoms with Gasteiger partial charge < -0.3 is 40.7 Å². The van der Waals surface area contributed by atoms with Crippen LogP contribution in [0.15, 0.2) is 30.3 Å². The average Bonchev–Trinajstić information content (AvgIpc) is 2.65. The van der Waals surface area contributed by atoms with Crippen molar-refractivity contribution in [1.29, 1.82) is 0 Å². The van der Waals surface area contributed by atoms with Crippen molar-refractivity contribution in [3.63, 3.8) is 0 Å². The smallest absolute Gasteiger partial charge is 0.480 e. The van der Waals surface area contributed by atoms with E-state index in [0.717, 1.165) is 5.56 Å². The number of carbonyl (C=O) groups excluding carboxylic acids is 1. The summed E-state index contributed by atoms with van der Waals surface area (Å²) in [6.07, 6.45) is -5.02. The number of benzene rings is 1. The molecular formula is C15H24BNO10. The molecule has 0 heterocycles. The van der Waals surface area contributed by atoms with Crippen LogP contribution in [0.1, 0.15) is 5.56 Å². The minimum Gasteiger partial charge on any atom is -0.480 e. The molecule has 1 rings (SSSR count). The highest BCUT2D eigenvalue weighted by Gasteiger charge is 2.28. The molecule has 0 unspecified atom stereocenters. The van der Waals surface area contributed by atoms with Crippen LogP contribution in [0.5, 0.6) is 0 Å². The van der Waals surface area contributed by atoms with E-state index in [1.165, 1.54) is 0 Å². The van der Waals surface area contributed by atoms with Crippen LogP contribution in [0.25, 0.3) is 0 Å². The minimum atomic E-state index is -1.86. The Labute approximate surface area is 155 Å². The van der Waals surface area contributed by atoms with Crippen LogP contribution >= 0.6 is 0 Å². The van der Waals surface area contributed by atoms with Gasteiger partial charge >= 0.3 is 13.2 Å². The van der Waals surface area contributed by atoms with E-state index in [-0.39, 0.29) is 6.42 Å². The normalized spacial score (nSPS) is 14.9. The van der Waals surface area contributed by atoms with E-state index in [2.05, 4.69) is 5.23 Å². The van der Waals surface area contributed by atoms with Gasteiger partial charge in [0.05, 0.1) is 6.61 Å². The molecule has 4 atom stereocenters. The van der Waals surface area contributed by atoms with Gasteiger partial charge in [0.1, 0.15) is 31.0 Å². The summed E-state index contributed by atoms with van der Waals surface area (Å²) < 4.78 is 0. The molecule has 0 bridgehead atoms. The predicted octanol–water partition coefficient (Wildman–Crippen LogP) is -4.14. The maximum atomic E-state index is 10.8. The van der Waals surface area contributed by atoms with Crippen molar-refractivity contribution in [3.05, 3.63) is 35.9 Å². The molecule has 1 aromatic rings. The van der Waals surface area contributed by atoms with E-state index in [4.69, 9.17) is 40.7 Å². The Morgan fingerprint density at radius 2 is 1.59 bits per heavy atom. The van der Waals surface area contributed by atoms with Crippen LogP contribution < -0.4 is 5.23 Å². The Kier molecular flexibility index (Phi) is 12.4. The molecular weight excluding hydrogens is 365 g/mol. The standard InChI is InChI=1S/C9H12BNO4.C6H12O6/c12-9(13)8(11-10(14)15)6-7-4-2-1-3-5-7;7-1-3(9)5(11)6(12)4(10)2-8/h1-5,8,11,14-15H,6H2,(H,12,13);3,5-9,11-12H,1-2H2/t8-;3-,5-,6-/m01/s1. The summed E-state index contributed by atoms with van der Waals surface area (Å²) in [6.45, 7) is -1.69. The van der Waals surface area contributed by atoms with Crippen molar-refractivity contribution < 1.29 is 50.3 Å². The highest BCUT2D eigenvalue weighted by Crippen LogP contribution is 2.03. The van der Waals surface area contributed by atoms with Gasteiger partial charge in [-0.3, -0.25) is 14.8 Å². The van der Waals surface area contributed by atoms with Crippen LogP contribution in [-0.4, -0.2) is 97.3 Å². The lowest BCUT2D eigenvalue weighted by Gasteiger charge is -2.19. The number of aliphatic hydroxyl groups excluding tert-OH is 5. The molecule has 0 saturated carbocycles. The first kappa shape index (κ1) is 25.1. The van der Waals surface area contributed by atoms with Gasteiger partial charge in [-0.25, -0.2) is 0 Å². The number of hydrogen-bond acceptors (Lipinski definition) is 10. The largest absolute Gasteiger partial charge is 0.549 e. The summed E-state index contributed by atoms with van der Waals surface area (Å²) in [7, 11) is -1.82. The molecule has 0 spiro atoms. The number of nitrogens with one attached hydrogen (secondary N) is 1. The van der Waals surface area contributed by atoms with E-state index in [1.807, 2.05) is 6.07 Å². The highest BCUT2D eigenvalue weighted by molar-refractivity contribution is 6.38. The Morgan fingerprint density at radius 3 is 2.00 bits per heavy atom. The van der Waals surface area contributed by atoms with E-state index >= 15 is 0 Å². The predicted molar refractivity (Wildman–Crippen MR) is 92.1 cm³/mol. The highest BCUT2D eigenvalue weighted by atomic mass is 16.4. The van der Waals surface area contributed by atoms with Crippen LogP contribution in [-0.2, 0) is 16.0 Å². The second-order valence-corrected chi connectivity index (χ2v) is 5.43. The van der Waals surface area contributed by atoms with E-state index < -0.39 is 56.6 Å². The van der Waals surface area contributed by atoms with E-state index in [1.54, 1.807) is 24.3 Å². The first-order valence-electron chi connectivity index (χ1n) is 7.81. The van der Waals surface area contributed by atoms with Crippen molar-refractivity contribution in [2.75, 3.05) is 13.2 Å². The molecule has 0 saturated heterocycles. The second kappa shape index (κ2) is 13.3. The Hall–Kier alpha value is -1.90. The molecule has 0 fully saturated rings. The number of carboxylic acid groups (broad SMARTS) is 1. The van der Waals surface area contributed by atoms with Gasteiger partial charge in [-0.2, -0.15) is 0 Å². The molecule has 0 aromatic heterocycles. The number of aliphatic carboxylic acids is 1. The van der Waals surface area contributed by atoms with Gasteiger partial charge in [-0.1, -0.05) is 30.3 Å². The number of hydrogen-bond donors (Lipinski definition) is 9. The summed E-state index contributed by atoms with van der Waals surface area (Å²) in [5.41, 5.74) is 0.818. The maximum Gasteiger partial charge on any atom is 0.549 e. The molecule has 0 aliphatic rings. The lowest BCUT2D eigenvalue weighted by Crippen LogP contribution is -2.47. The fraction of sp³-hybridized carbons (Fsp3) is 0.467. The SMILES string of the molecule is O=C(CO)[C@@H](O)[C@H](O)[C@H](O)CO.O=C(O)[C@H](Cc1ccccc1)NB(O)O. The van der Waals surface area contributed by atoms with Gasteiger partial charge in [0.15, 0.2) is 5.78 Å². The zero-order valence-corrected chi connectivity index (χ0v) is 14.3. The van der Waals surface area contributed by atoms with Crippen LogP contribution in [0.3, 0.4) is 0 Å². The van der Waals surface area contributed by atoms with Crippen LogP contribution in [0.2, 0.25) is 0 Å². The van der Waals surface area contributed by atoms with Gasteiger partial charge in [-0.05, 0) is 12.0 Å². The number of aliphatic hydroxyl groups is 5. The fourth-order valence-corrected chi connectivity index (χ4v) is 1.85. The zero-order chi connectivity index (χ0) is 21.0. The first-order chi connectivity index (χ1) is 12.6. The molecule has 0 aliphatic heterocycles. The van der Waals surface area contributed by atoms with Crippen molar-refractivity contribution in [2.24, 2.45) is 0 Å². The fourth-order valence-electron chi connectivity index (χ4n) is 1.85. The van der Waals surface area contributed by atoms with E-state index in [0.29, 0.717) is 0 Å². The summed E-state index contributed by atoms with van der Waals surface area (Å²) in [6, 6.07) is 7.97. The molecule has 27 heavy (non-hydrogen) atoms. The van der Waals surface area contributed by atoms with Gasteiger partial charge in [0, 0.05) is 0 Å². The minimum absolute atomic E-state index is 0.202. The second-order valence-electron chi connectivity index (χ2n) is 5.43. The van der Waals surface area contributed by atoms with Crippen molar-refractivity contribution in [1.82, 2.24) is 5.23 Å². The summed E-state index contributed by atoms with van der Waals surface area (Å²) in [4.78, 5) is 21.3. The molecule has 11 nitrogen and oxygen atoms in total. The molecule has 9 N–H and O–H groups in total. The van der Waals surface area contributed by atoms with Crippen LogP contribution in [0.4, 0.5) is 0 Å². The van der Waals surface area contributed by atoms with Gasteiger partial charge in [-0.15, -0.1) is 0 Å². The van der Waals surface area contributed by atoms with Gasteiger partial charge in [0.2, 0.25) is 0 Å². The van der Waals surface area contributed by atoms with Crippen molar-refractivity contribution in [2.45, 2.75) is 30.8 Å². The average molecular weight is 389 g/mol. The number of rotatable bonds is 10. The Morgan fingerprint density at radius 1 is 1.04 bits per heavy atom.